The lowest BCUT2D eigenvalue weighted by Gasteiger charge is -2.44. The van der Waals surface area contributed by atoms with Crippen LogP contribution < -0.4 is 5.32 Å². The lowest BCUT2D eigenvalue weighted by Crippen LogP contribution is -2.56. The van der Waals surface area contributed by atoms with Crippen molar-refractivity contribution in [3.05, 3.63) is 0 Å². The van der Waals surface area contributed by atoms with E-state index in [1.54, 1.807) is 0 Å². The highest BCUT2D eigenvalue weighted by molar-refractivity contribution is 7.96. The Labute approximate surface area is 72.9 Å². The van der Waals surface area contributed by atoms with E-state index in [0.717, 1.165) is 12.1 Å². The van der Waals surface area contributed by atoms with Crippen LogP contribution in [0, 0.1) is 0 Å². The van der Waals surface area contributed by atoms with E-state index in [0.29, 0.717) is 0 Å². The summed E-state index contributed by atoms with van der Waals surface area (Å²) in [5.74, 6) is 0. The van der Waals surface area contributed by atoms with Gasteiger partial charge in [0.15, 0.2) is 0 Å². The molecule has 2 heterocycles. The highest BCUT2D eigenvalue weighted by Gasteiger charge is 2.32. The van der Waals surface area contributed by atoms with Crippen molar-refractivity contribution in [2.24, 2.45) is 0 Å². The summed E-state index contributed by atoms with van der Waals surface area (Å²) in [6.45, 7) is 2.41. The maximum absolute atomic E-state index is 3.50. The fourth-order valence-electron chi connectivity index (χ4n) is 2.24. The van der Waals surface area contributed by atoms with Crippen LogP contribution in [0.4, 0.5) is 0 Å². The van der Waals surface area contributed by atoms with E-state index in [4.69, 9.17) is 0 Å². The van der Waals surface area contributed by atoms with Crippen LogP contribution in [0.3, 0.4) is 0 Å². The van der Waals surface area contributed by atoms with Gasteiger partial charge >= 0.3 is 0 Å². The van der Waals surface area contributed by atoms with Gasteiger partial charge < -0.3 is 5.32 Å². The summed E-state index contributed by atoms with van der Waals surface area (Å²) in [5.41, 5.74) is 0. The molecular weight excluding hydrogens is 156 g/mol. The summed E-state index contributed by atoms with van der Waals surface area (Å²) in [5, 5.41) is 3.50. The molecule has 0 aromatic heterocycles. The molecule has 64 valence electrons. The van der Waals surface area contributed by atoms with Crippen LogP contribution >= 0.6 is 11.9 Å². The fraction of sp³-hybridized carbons (Fsp3) is 1.00. The molecule has 2 fully saturated rings. The number of hydrogen-bond donors (Lipinski definition) is 1. The summed E-state index contributed by atoms with van der Waals surface area (Å²) < 4.78 is 2.60. The molecule has 0 saturated carbocycles. The first-order valence-electron chi connectivity index (χ1n) is 4.45. The third-order valence-corrected chi connectivity index (χ3v) is 3.78. The topological polar surface area (TPSA) is 15.3 Å². The SMILES string of the molecule is CSN1C2CCCC1CNC2. The van der Waals surface area contributed by atoms with Crippen molar-refractivity contribution >= 4 is 11.9 Å². The lowest BCUT2D eigenvalue weighted by atomic mass is 9.95. The molecule has 1 N–H and O–H groups in total. The van der Waals surface area contributed by atoms with Crippen LogP contribution in [-0.4, -0.2) is 35.7 Å². The standard InChI is InChI=1S/C8H16N2S/c1-11-10-7-3-2-4-8(10)6-9-5-7/h7-9H,2-6H2,1H3. The maximum atomic E-state index is 3.50. The van der Waals surface area contributed by atoms with E-state index in [9.17, 15) is 0 Å². The molecule has 2 nitrogen and oxygen atoms in total. The van der Waals surface area contributed by atoms with Gasteiger partial charge in [0.1, 0.15) is 0 Å². The first-order chi connectivity index (χ1) is 5.42. The third kappa shape index (κ3) is 1.42. The molecular formula is C8H16N2S. The summed E-state index contributed by atoms with van der Waals surface area (Å²) in [6.07, 6.45) is 6.43. The summed E-state index contributed by atoms with van der Waals surface area (Å²) in [7, 11) is 0. The van der Waals surface area contributed by atoms with Gasteiger partial charge in [-0.05, 0) is 19.1 Å². The van der Waals surface area contributed by atoms with Gasteiger partial charge in [0.05, 0.1) is 0 Å². The van der Waals surface area contributed by atoms with Crippen molar-refractivity contribution < 1.29 is 0 Å². The summed E-state index contributed by atoms with van der Waals surface area (Å²) >= 11 is 1.93. The zero-order valence-corrected chi connectivity index (χ0v) is 7.86. The molecule has 0 aliphatic carbocycles. The van der Waals surface area contributed by atoms with Gasteiger partial charge in [-0.3, -0.25) is 0 Å². The highest BCUT2D eigenvalue weighted by atomic mass is 32.2. The van der Waals surface area contributed by atoms with Crippen LogP contribution in [0.2, 0.25) is 0 Å². The van der Waals surface area contributed by atoms with E-state index in [1.165, 1.54) is 32.4 Å². The van der Waals surface area contributed by atoms with E-state index in [2.05, 4.69) is 15.9 Å². The van der Waals surface area contributed by atoms with Crippen molar-refractivity contribution in [3.63, 3.8) is 0 Å². The zero-order chi connectivity index (χ0) is 7.68. The Hall–Kier alpha value is 0.270. The minimum absolute atomic E-state index is 0.817. The monoisotopic (exact) mass is 172 g/mol. The Kier molecular flexibility index (Phi) is 2.39. The molecule has 0 amide bonds. The normalized spacial score (nSPS) is 39.0. The average Bonchev–Trinajstić information content (AvgIpc) is 2.03. The molecule has 2 unspecified atom stereocenters. The Morgan fingerprint density at radius 2 is 1.91 bits per heavy atom. The molecule has 11 heavy (non-hydrogen) atoms. The molecule has 0 aromatic rings. The first kappa shape index (κ1) is 7.90. The molecule has 2 rings (SSSR count). The van der Waals surface area contributed by atoms with Gasteiger partial charge in [0.2, 0.25) is 0 Å². The van der Waals surface area contributed by atoms with Crippen LogP contribution in [-0.2, 0) is 0 Å². The third-order valence-electron chi connectivity index (χ3n) is 2.77. The number of fused-ring (bicyclic) bond motifs is 2. The second-order valence-corrected chi connectivity index (χ2v) is 4.23. The Balaban J connectivity index is 2.04. The van der Waals surface area contributed by atoms with Gasteiger partial charge in [-0.1, -0.05) is 18.4 Å². The van der Waals surface area contributed by atoms with Crippen LogP contribution in [0.5, 0.6) is 0 Å². The van der Waals surface area contributed by atoms with Gasteiger partial charge in [-0.25, -0.2) is 4.31 Å². The predicted octanol–water partition coefficient (Wildman–Crippen LogP) is 1.09. The average molecular weight is 172 g/mol. The van der Waals surface area contributed by atoms with Crippen LogP contribution in [0.1, 0.15) is 19.3 Å². The molecule has 2 aliphatic rings. The Morgan fingerprint density at radius 3 is 2.36 bits per heavy atom. The number of hydrogen-bond acceptors (Lipinski definition) is 3. The van der Waals surface area contributed by atoms with Crippen molar-refractivity contribution in [1.82, 2.24) is 9.62 Å². The van der Waals surface area contributed by atoms with Gasteiger partial charge in [-0.15, -0.1) is 0 Å². The van der Waals surface area contributed by atoms with Crippen LogP contribution in [0.25, 0.3) is 0 Å². The predicted molar refractivity (Wildman–Crippen MR) is 49.7 cm³/mol. The van der Waals surface area contributed by atoms with Crippen molar-refractivity contribution in [2.75, 3.05) is 19.3 Å². The minimum Gasteiger partial charge on any atom is -0.314 e. The smallest absolute Gasteiger partial charge is 0.0330 e. The maximum Gasteiger partial charge on any atom is 0.0330 e. The Morgan fingerprint density at radius 1 is 1.27 bits per heavy atom. The lowest BCUT2D eigenvalue weighted by molar-refractivity contribution is 0.153. The second kappa shape index (κ2) is 3.33. The van der Waals surface area contributed by atoms with Gasteiger partial charge in [0, 0.05) is 25.2 Å². The van der Waals surface area contributed by atoms with Crippen molar-refractivity contribution in [2.45, 2.75) is 31.3 Å². The minimum atomic E-state index is 0.817. The van der Waals surface area contributed by atoms with E-state index in [-0.39, 0.29) is 0 Å². The second-order valence-electron chi connectivity index (χ2n) is 3.44. The van der Waals surface area contributed by atoms with E-state index < -0.39 is 0 Å². The zero-order valence-electron chi connectivity index (χ0n) is 7.05. The first-order valence-corrected chi connectivity index (χ1v) is 5.63. The molecule has 0 aromatic carbocycles. The quantitative estimate of drug-likeness (QED) is 0.596. The van der Waals surface area contributed by atoms with Gasteiger partial charge in [-0.2, -0.15) is 0 Å². The molecule has 2 atom stereocenters. The summed E-state index contributed by atoms with van der Waals surface area (Å²) in [4.78, 5) is 0. The number of rotatable bonds is 1. The number of nitrogens with zero attached hydrogens (tertiary/aromatic N) is 1. The highest BCUT2D eigenvalue weighted by Crippen LogP contribution is 2.29. The Bertz CT molecular complexity index is 118. The molecule has 2 saturated heterocycles. The number of nitrogens with one attached hydrogen (secondary N) is 1. The molecule has 2 bridgehead atoms. The van der Waals surface area contributed by atoms with Crippen molar-refractivity contribution in [1.29, 1.82) is 0 Å². The molecule has 0 spiro atoms. The van der Waals surface area contributed by atoms with Crippen LogP contribution in [0.15, 0.2) is 0 Å². The van der Waals surface area contributed by atoms with Gasteiger partial charge in [0.25, 0.3) is 0 Å². The van der Waals surface area contributed by atoms with E-state index >= 15 is 0 Å². The number of piperidine rings is 1. The largest absolute Gasteiger partial charge is 0.314 e. The molecule has 2 aliphatic heterocycles. The van der Waals surface area contributed by atoms with Crippen molar-refractivity contribution in [3.8, 4) is 0 Å². The fourth-order valence-corrected chi connectivity index (χ4v) is 3.20. The summed E-state index contributed by atoms with van der Waals surface area (Å²) in [6, 6.07) is 1.63. The molecule has 0 radical (unpaired) electrons. The molecule has 3 heteroatoms. The number of piperazine rings is 1. The van der Waals surface area contributed by atoms with E-state index in [1.807, 2.05) is 11.9 Å².